The second kappa shape index (κ2) is 5.37. The lowest BCUT2D eigenvalue weighted by atomic mass is 10.3. The standard InChI is InChI=1S/C11H8N2O4S/c14-11(7-10-5-6-12-18-10)17-9-3-1-8(2-4-9)13(15)16/h1-6H,7H2. The molecule has 1 heterocycles. The van der Waals surface area contributed by atoms with Crippen molar-refractivity contribution in [3.8, 4) is 5.75 Å². The van der Waals surface area contributed by atoms with Crippen LogP contribution in [-0.2, 0) is 11.2 Å². The Kier molecular flexibility index (Phi) is 3.63. The maximum atomic E-state index is 11.5. The van der Waals surface area contributed by atoms with Crippen molar-refractivity contribution in [2.45, 2.75) is 6.42 Å². The van der Waals surface area contributed by atoms with Gasteiger partial charge in [0.2, 0.25) is 0 Å². The van der Waals surface area contributed by atoms with Gasteiger partial charge in [-0.3, -0.25) is 14.9 Å². The fraction of sp³-hybridized carbons (Fsp3) is 0.0909. The van der Waals surface area contributed by atoms with Crippen LogP contribution in [0.1, 0.15) is 4.88 Å². The molecule has 7 heteroatoms. The molecule has 0 unspecified atom stereocenters. The van der Waals surface area contributed by atoms with E-state index in [0.717, 1.165) is 4.88 Å². The van der Waals surface area contributed by atoms with E-state index in [-0.39, 0.29) is 17.9 Å². The Morgan fingerprint density at radius 1 is 1.33 bits per heavy atom. The Morgan fingerprint density at radius 3 is 2.61 bits per heavy atom. The quantitative estimate of drug-likeness (QED) is 0.366. The molecule has 1 aromatic carbocycles. The number of benzene rings is 1. The molecule has 0 saturated heterocycles. The van der Waals surface area contributed by atoms with Crippen molar-refractivity contribution in [3.05, 3.63) is 51.5 Å². The van der Waals surface area contributed by atoms with Crippen molar-refractivity contribution < 1.29 is 14.5 Å². The van der Waals surface area contributed by atoms with E-state index in [1.807, 2.05) is 0 Å². The van der Waals surface area contributed by atoms with Crippen molar-refractivity contribution in [2.24, 2.45) is 0 Å². The van der Waals surface area contributed by atoms with E-state index in [4.69, 9.17) is 4.74 Å². The minimum absolute atomic E-state index is 0.0442. The third kappa shape index (κ3) is 3.11. The predicted molar refractivity (Wildman–Crippen MR) is 64.5 cm³/mol. The molecule has 0 amide bonds. The van der Waals surface area contributed by atoms with E-state index in [1.54, 1.807) is 12.3 Å². The number of carbonyl (C=O) groups is 1. The van der Waals surface area contributed by atoms with Gasteiger partial charge < -0.3 is 4.74 Å². The number of carbonyl (C=O) groups excluding carboxylic acids is 1. The van der Waals surface area contributed by atoms with Crippen molar-refractivity contribution in [1.29, 1.82) is 0 Å². The number of nitro groups is 1. The molecule has 1 aromatic heterocycles. The number of hydrogen-bond donors (Lipinski definition) is 0. The summed E-state index contributed by atoms with van der Waals surface area (Å²) in [5.74, 6) is -0.136. The van der Waals surface area contributed by atoms with Crippen molar-refractivity contribution in [1.82, 2.24) is 4.37 Å². The van der Waals surface area contributed by atoms with Crippen LogP contribution in [0.4, 0.5) is 5.69 Å². The Labute approximate surface area is 106 Å². The normalized spacial score (nSPS) is 10.0. The van der Waals surface area contributed by atoms with Crippen LogP contribution in [0.3, 0.4) is 0 Å². The van der Waals surface area contributed by atoms with E-state index >= 15 is 0 Å². The number of non-ortho nitro benzene ring substituents is 1. The zero-order valence-electron chi connectivity index (χ0n) is 9.11. The number of aromatic nitrogens is 1. The van der Waals surface area contributed by atoms with Crippen LogP contribution in [0.2, 0.25) is 0 Å². The van der Waals surface area contributed by atoms with Crippen LogP contribution in [0, 0.1) is 10.1 Å². The number of nitro benzene ring substituents is 1. The molecular formula is C11H8N2O4S. The second-order valence-electron chi connectivity index (χ2n) is 3.38. The van der Waals surface area contributed by atoms with Gasteiger partial charge >= 0.3 is 5.97 Å². The molecule has 0 aliphatic rings. The molecule has 0 spiro atoms. The fourth-order valence-corrected chi connectivity index (χ4v) is 1.84. The Hall–Kier alpha value is -2.28. The van der Waals surface area contributed by atoms with Crippen molar-refractivity contribution >= 4 is 23.2 Å². The average molecular weight is 264 g/mol. The highest BCUT2D eigenvalue weighted by atomic mass is 32.1. The van der Waals surface area contributed by atoms with E-state index in [0.29, 0.717) is 0 Å². The summed E-state index contributed by atoms with van der Waals surface area (Å²) < 4.78 is 8.91. The first kappa shape index (κ1) is 12.2. The number of esters is 1. The van der Waals surface area contributed by atoms with Crippen LogP contribution in [0.15, 0.2) is 36.5 Å². The summed E-state index contributed by atoms with van der Waals surface area (Å²) in [4.78, 5) is 22.3. The third-order valence-corrected chi connectivity index (χ3v) is 2.83. The summed E-state index contributed by atoms with van der Waals surface area (Å²) >= 11 is 1.23. The minimum Gasteiger partial charge on any atom is -0.426 e. The average Bonchev–Trinajstić information content (AvgIpc) is 2.82. The van der Waals surface area contributed by atoms with Gasteiger partial charge in [0.05, 0.1) is 11.3 Å². The molecule has 2 aromatic rings. The maximum absolute atomic E-state index is 11.5. The summed E-state index contributed by atoms with van der Waals surface area (Å²) in [5, 5.41) is 10.4. The van der Waals surface area contributed by atoms with Gasteiger partial charge in [0.25, 0.3) is 5.69 Å². The minimum atomic E-state index is -0.511. The first-order chi connectivity index (χ1) is 8.65. The molecule has 0 aliphatic carbocycles. The molecule has 0 bridgehead atoms. The van der Waals surface area contributed by atoms with Crippen LogP contribution in [-0.4, -0.2) is 15.3 Å². The molecule has 0 aliphatic heterocycles. The number of hydrogen-bond acceptors (Lipinski definition) is 6. The van der Waals surface area contributed by atoms with E-state index < -0.39 is 10.9 Å². The molecule has 0 atom stereocenters. The number of nitrogens with zero attached hydrogens (tertiary/aromatic N) is 2. The van der Waals surface area contributed by atoms with Crippen molar-refractivity contribution in [2.75, 3.05) is 0 Å². The second-order valence-corrected chi connectivity index (χ2v) is 4.30. The lowest BCUT2D eigenvalue weighted by Crippen LogP contribution is -2.10. The topological polar surface area (TPSA) is 82.3 Å². The lowest BCUT2D eigenvalue weighted by Gasteiger charge is -2.02. The van der Waals surface area contributed by atoms with Gasteiger partial charge in [0.15, 0.2) is 0 Å². The highest BCUT2D eigenvalue weighted by Crippen LogP contribution is 2.18. The van der Waals surface area contributed by atoms with Crippen LogP contribution >= 0.6 is 11.5 Å². The molecule has 0 fully saturated rings. The number of ether oxygens (including phenoxy) is 1. The lowest BCUT2D eigenvalue weighted by molar-refractivity contribution is -0.384. The van der Waals surface area contributed by atoms with Gasteiger partial charge in [-0.25, -0.2) is 4.37 Å². The Bertz CT molecular complexity index is 551. The Balaban J connectivity index is 1.97. The van der Waals surface area contributed by atoms with Crippen molar-refractivity contribution in [3.63, 3.8) is 0 Å². The van der Waals surface area contributed by atoms with Crippen LogP contribution in [0.25, 0.3) is 0 Å². The Morgan fingerprint density at radius 2 is 2.06 bits per heavy atom. The monoisotopic (exact) mass is 264 g/mol. The molecule has 92 valence electrons. The zero-order chi connectivity index (χ0) is 13.0. The summed E-state index contributed by atoms with van der Waals surface area (Å²) in [6, 6.07) is 7.10. The molecular weight excluding hydrogens is 256 g/mol. The maximum Gasteiger partial charge on any atom is 0.316 e. The SMILES string of the molecule is O=C(Cc1ccns1)Oc1ccc([N+](=O)[O-])cc1. The molecule has 0 saturated carbocycles. The largest absolute Gasteiger partial charge is 0.426 e. The first-order valence-electron chi connectivity index (χ1n) is 5.00. The van der Waals surface area contributed by atoms with E-state index in [9.17, 15) is 14.9 Å². The highest BCUT2D eigenvalue weighted by molar-refractivity contribution is 7.05. The predicted octanol–water partition coefficient (Wildman–Crippen LogP) is 2.20. The summed E-state index contributed by atoms with van der Waals surface area (Å²) in [5.41, 5.74) is -0.0442. The molecule has 0 N–H and O–H groups in total. The van der Waals surface area contributed by atoms with Gasteiger partial charge in [-0.1, -0.05) is 0 Å². The summed E-state index contributed by atoms with van der Waals surface area (Å²) in [6.45, 7) is 0. The molecule has 18 heavy (non-hydrogen) atoms. The zero-order valence-corrected chi connectivity index (χ0v) is 9.92. The smallest absolute Gasteiger partial charge is 0.316 e. The summed E-state index contributed by atoms with van der Waals surface area (Å²) in [6.07, 6.45) is 1.75. The van der Waals surface area contributed by atoms with E-state index in [2.05, 4.69) is 4.37 Å². The van der Waals surface area contributed by atoms with Gasteiger partial charge in [0.1, 0.15) is 5.75 Å². The van der Waals surface area contributed by atoms with E-state index in [1.165, 1.54) is 35.8 Å². The molecule has 6 nitrogen and oxygen atoms in total. The molecule has 0 radical (unpaired) electrons. The van der Waals surface area contributed by atoms with Gasteiger partial charge in [0, 0.05) is 23.2 Å². The van der Waals surface area contributed by atoms with Gasteiger partial charge in [-0.2, -0.15) is 0 Å². The third-order valence-electron chi connectivity index (χ3n) is 2.09. The first-order valence-corrected chi connectivity index (χ1v) is 5.77. The van der Waals surface area contributed by atoms with Crippen LogP contribution in [0.5, 0.6) is 5.75 Å². The number of rotatable bonds is 4. The highest BCUT2D eigenvalue weighted by Gasteiger charge is 2.09. The van der Waals surface area contributed by atoms with Gasteiger partial charge in [-0.05, 0) is 29.7 Å². The van der Waals surface area contributed by atoms with Gasteiger partial charge in [-0.15, -0.1) is 0 Å². The summed E-state index contributed by atoms with van der Waals surface area (Å²) in [7, 11) is 0. The molecule has 2 rings (SSSR count). The van der Waals surface area contributed by atoms with Crippen LogP contribution < -0.4 is 4.74 Å². The fourth-order valence-electron chi connectivity index (χ4n) is 1.28.